The summed E-state index contributed by atoms with van der Waals surface area (Å²) in [5, 5.41) is 10.4. The average molecular weight is 407 g/mol. The van der Waals surface area contributed by atoms with E-state index >= 15 is 0 Å². The minimum atomic E-state index is -3.96. The number of benzene rings is 2. The number of nitrogens with one attached hydrogen (secondary N) is 2. The minimum Gasteiger partial charge on any atom is -0.496 e. The predicted octanol–water partition coefficient (Wildman–Crippen LogP) is 1.11. The van der Waals surface area contributed by atoms with E-state index in [2.05, 4.69) is 10.6 Å². The van der Waals surface area contributed by atoms with Crippen molar-refractivity contribution in [1.29, 1.82) is 0 Å². The van der Waals surface area contributed by atoms with Crippen molar-refractivity contribution in [3.8, 4) is 11.5 Å². The van der Waals surface area contributed by atoms with Crippen LogP contribution in [0.25, 0.3) is 0 Å². The van der Waals surface area contributed by atoms with Gasteiger partial charge in [0.2, 0.25) is 10.0 Å². The summed E-state index contributed by atoms with van der Waals surface area (Å²) in [5.74, 6) is -0.148. The van der Waals surface area contributed by atoms with Gasteiger partial charge in [0.15, 0.2) is 6.61 Å². The first-order valence-corrected chi connectivity index (χ1v) is 9.81. The maximum atomic E-state index is 12.5. The van der Waals surface area contributed by atoms with Gasteiger partial charge in [-0.05, 0) is 49.4 Å². The molecule has 0 spiro atoms. The summed E-state index contributed by atoms with van der Waals surface area (Å²) in [6.07, 6.45) is 0. The number of carbonyl (C=O) groups is 2. The summed E-state index contributed by atoms with van der Waals surface area (Å²) >= 11 is 0. The van der Waals surface area contributed by atoms with Crippen LogP contribution in [0.15, 0.2) is 47.4 Å². The SMILES string of the molecule is CCNC(=O)COc1ccc(NC(=O)c2cc(S(N)(=O)=O)ccc2OC)cc1. The van der Waals surface area contributed by atoms with Crippen LogP contribution in [0.4, 0.5) is 5.69 Å². The molecule has 2 amide bonds. The Balaban J connectivity index is 2.11. The van der Waals surface area contributed by atoms with E-state index in [1.165, 1.54) is 19.2 Å². The largest absolute Gasteiger partial charge is 0.496 e. The molecule has 2 rings (SSSR count). The summed E-state index contributed by atoms with van der Waals surface area (Å²) in [5.41, 5.74) is 0.462. The molecule has 28 heavy (non-hydrogen) atoms. The molecule has 0 saturated carbocycles. The van der Waals surface area contributed by atoms with Crippen LogP contribution in [-0.4, -0.2) is 40.5 Å². The second-order valence-electron chi connectivity index (χ2n) is 5.63. The number of nitrogens with two attached hydrogens (primary N) is 1. The molecule has 0 saturated heterocycles. The Morgan fingerprint density at radius 1 is 1.11 bits per heavy atom. The monoisotopic (exact) mass is 407 g/mol. The topological polar surface area (TPSA) is 137 Å². The zero-order valence-electron chi connectivity index (χ0n) is 15.4. The molecule has 9 nitrogen and oxygen atoms in total. The van der Waals surface area contributed by atoms with Crippen molar-refractivity contribution in [3.05, 3.63) is 48.0 Å². The predicted molar refractivity (Wildman–Crippen MR) is 103 cm³/mol. The van der Waals surface area contributed by atoms with E-state index in [0.717, 1.165) is 6.07 Å². The molecule has 0 atom stereocenters. The number of primary sulfonamides is 1. The van der Waals surface area contributed by atoms with E-state index in [4.69, 9.17) is 14.6 Å². The molecule has 0 aromatic heterocycles. The minimum absolute atomic E-state index is 0.0191. The third-order valence-corrected chi connectivity index (χ3v) is 4.51. The molecule has 0 heterocycles. The highest BCUT2D eigenvalue weighted by Crippen LogP contribution is 2.24. The summed E-state index contributed by atoms with van der Waals surface area (Å²) in [4.78, 5) is 23.7. The van der Waals surface area contributed by atoms with E-state index < -0.39 is 15.9 Å². The number of amides is 2. The lowest BCUT2D eigenvalue weighted by Gasteiger charge is -2.11. The van der Waals surface area contributed by atoms with E-state index in [1.807, 2.05) is 6.92 Å². The van der Waals surface area contributed by atoms with Crippen LogP contribution in [-0.2, 0) is 14.8 Å². The van der Waals surface area contributed by atoms with Crippen molar-refractivity contribution < 1.29 is 27.5 Å². The molecule has 2 aromatic rings. The molecule has 0 aliphatic heterocycles. The Morgan fingerprint density at radius 2 is 1.79 bits per heavy atom. The van der Waals surface area contributed by atoms with Gasteiger partial charge in [-0.3, -0.25) is 9.59 Å². The van der Waals surface area contributed by atoms with Crippen molar-refractivity contribution >= 4 is 27.5 Å². The highest BCUT2D eigenvalue weighted by atomic mass is 32.2. The summed E-state index contributed by atoms with van der Waals surface area (Å²) in [6.45, 7) is 2.21. The molecule has 0 fully saturated rings. The van der Waals surface area contributed by atoms with Crippen molar-refractivity contribution in [1.82, 2.24) is 5.32 Å². The van der Waals surface area contributed by atoms with Gasteiger partial charge in [0.05, 0.1) is 17.6 Å². The van der Waals surface area contributed by atoms with E-state index in [0.29, 0.717) is 18.0 Å². The molecule has 0 radical (unpaired) electrons. The van der Waals surface area contributed by atoms with Gasteiger partial charge in [0.1, 0.15) is 11.5 Å². The lowest BCUT2D eigenvalue weighted by atomic mass is 10.2. The number of carbonyl (C=O) groups excluding carboxylic acids is 2. The molecule has 0 unspecified atom stereocenters. The van der Waals surface area contributed by atoms with Crippen LogP contribution >= 0.6 is 0 Å². The van der Waals surface area contributed by atoms with Crippen LogP contribution in [0.2, 0.25) is 0 Å². The fraction of sp³-hybridized carbons (Fsp3) is 0.222. The fourth-order valence-corrected chi connectivity index (χ4v) is 2.81. The molecule has 4 N–H and O–H groups in total. The van der Waals surface area contributed by atoms with Gasteiger partial charge in [-0.1, -0.05) is 0 Å². The number of rotatable bonds is 8. The van der Waals surface area contributed by atoms with Gasteiger partial charge >= 0.3 is 0 Å². The number of ether oxygens (including phenoxy) is 2. The molecular weight excluding hydrogens is 386 g/mol. The van der Waals surface area contributed by atoms with Gasteiger partial charge in [-0.25, -0.2) is 13.6 Å². The van der Waals surface area contributed by atoms with E-state index in [-0.39, 0.29) is 28.7 Å². The van der Waals surface area contributed by atoms with Gasteiger partial charge in [-0.15, -0.1) is 0 Å². The second-order valence-corrected chi connectivity index (χ2v) is 7.19. The zero-order chi connectivity index (χ0) is 20.7. The number of hydrogen-bond donors (Lipinski definition) is 3. The normalized spacial score (nSPS) is 10.8. The highest BCUT2D eigenvalue weighted by Gasteiger charge is 2.17. The third-order valence-electron chi connectivity index (χ3n) is 3.60. The Bertz CT molecular complexity index is 958. The Hall–Kier alpha value is -3.11. The van der Waals surface area contributed by atoms with Gasteiger partial charge < -0.3 is 20.1 Å². The quantitative estimate of drug-likeness (QED) is 0.599. The first kappa shape index (κ1) is 21.2. The first-order valence-electron chi connectivity index (χ1n) is 8.26. The number of hydrogen-bond acceptors (Lipinski definition) is 6. The Labute approximate surface area is 162 Å². The van der Waals surface area contributed by atoms with Crippen molar-refractivity contribution in [2.75, 3.05) is 25.6 Å². The smallest absolute Gasteiger partial charge is 0.259 e. The Morgan fingerprint density at radius 3 is 2.36 bits per heavy atom. The van der Waals surface area contributed by atoms with Crippen molar-refractivity contribution in [2.24, 2.45) is 5.14 Å². The zero-order valence-corrected chi connectivity index (χ0v) is 16.2. The fourth-order valence-electron chi connectivity index (χ4n) is 2.27. The second kappa shape index (κ2) is 9.20. The van der Waals surface area contributed by atoms with Crippen LogP contribution in [0.3, 0.4) is 0 Å². The number of likely N-dealkylation sites (N-methyl/N-ethyl adjacent to an activating group) is 1. The molecule has 0 aliphatic carbocycles. The summed E-state index contributed by atoms with van der Waals surface area (Å²) in [6, 6.07) is 10.1. The number of methoxy groups -OCH3 is 1. The highest BCUT2D eigenvalue weighted by molar-refractivity contribution is 7.89. The van der Waals surface area contributed by atoms with E-state index in [1.54, 1.807) is 24.3 Å². The van der Waals surface area contributed by atoms with Crippen LogP contribution < -0.4 is 25.2 Å². The standard InChI is InChI=1S/C18H21N3O6S/c1-3-20-17(22)11-27-13-6-4-12(5-7-13)21-18(23)15-10-14(28(19,24)25)8-9-16(15)26-2/h4-10H,3,11H2,1-2H3,(H,20,22)(H,21,23)(H2,19,24,25). The first-order chi connectivity index (χ1) is 13.2. The van der Waals surface area contributed by atoms with Crippen LogP contribution in [0.1, 0.15) is 17.3 Å². The van der Waals surface area contributed by atoms with Gasteiger partial charge in [-0.2, -0.15) is 0 Å². The summed E-state index contributed by atoms with van der Waals surface area (Å²) < 4.78 is 33.5. The molecular formula is C18H21N3O6S. The maximum absolute atomic E-state index is 12.5. The van der Waals surface area contributed by atoms with Crippen molar-refractivity contribution in [3.63, 3.8) is 0 Å². The van der Waals surface area contributed by atoms with Crippen LogP contribution in [0, 0.1) is 0 Å². The molecule has 10 heteroatoms. The van der Waals surface area contributed by atoms with Crippen molar-refractivity contribution in [2.45, 2.75) is 11.8 Å². The average Bonchev–Trinajstić information content (AvgIpc) is 2.66. The maximum Gasteiger partial charge on any atom is 0.259 e. The summed E-state index contributed by atoms with van der Waals surface area (Å²) in [7, 11) is -2.60. The number of anilines is 1. The lowest BCUT2D eigenvalue weighted by molar-refractivity contribution is -0.122. The molecule has 2 aromatic carbocycles. The van der Waals surface area contributed by atoms with Gasteiger partial charge in [0.25, 0.3) is 11.8 Å². The number of sulfonamides is 1. The molecule has 0 bridgehead atoms. The Kier molecular flexibility index (Phi) is 6.96. The molecule has 0 aliphatic rings. The molecule has 150 valence electrons. The third kappa shape index (κ3) is 5.69. The lowest BCUT2D eigenvalue weighted by Crippen LogP contribution is -2.28. The van der Waals surface area contributed by atoms with E-state index in [9.17, 15) is 18.0 Å². The van der Waals surface area contributed by atoms with Gasteiger partial charge in [0, 0.05) is 12.2 Å². The van der Waals surface area contributed by atoms with Crippen LogP contribution in [0.5, 0.6) is 11.5 Å².